The van der Waals surface area contributed by atoms with Crippen LogP contribution in [0, 0.1) is 11.6 Å². The van der Waals surface area contributed by atoms with Gasteiger partial charge in [0, 0.05) is 19.3 Å². The van der Waals surface area contributed by atoms with Crippen molar-refractivity contribution in [3.63, 3.8) is 0 Å². The highest BCUT2D eigenvalue weighted by molar-refractivity contribution is 5.97. The predicted molar refractivity (Wildman–Crippen MR) is 57.6 cm³/mol. The Morgan fingerprint density at radius 2 is 2.12 bits per heavy atom. The van der Waals surface area contributed by atoms with Crippen LogP contribution >= 0.6 is 0 Å². The zero-order valence-corrected chi connectivity index (χ0v) is 9.15. The molecule has 0 atom stereocenters. The minimum atomic E-state index is -0.842. The maximum absolute atomic E-state index is 13.3. The Balaban J connectivity index is 2.20. The molecule has 0 aliphatic rings. The molecule has 1 aromatic heterocycles. The van der Waals surface area contributed by atoms with Gasteiger partial charge in [-0.15, -0.1) is 0 Å². The molecule has 0 spiro atoms. The fraction of sp³-hybridized carbons (Fsp3) is 0.167. The number of hydrogen-bond acceptors (Lipinski definition) is 2. The lowest BCUT2D eigenvalue weighted by molar-refractivity contribution is 0.0988. The summed E-state index contributed by atoms with van der Waals surface area (Å²) in [5, 5.41) is 4.02. The molecule has 88 valence electrons. The van der Waals surface area contributed by atoms with Gasteiger partial charge in [-0.3, -0.25) is 9.48 Å². The van der Waals surface area contributed by atoms with E-state index < -0.39 is 17.4 Å². The summed E-state index contributed by atoms with van der Waals surface area (Å²) in [6.45, 7) is 0. The van der Waals surface area contributed by atoms with E-state index in [0.717, 1.165) is 12.1 Å². The van der Waals surface area contributed by atoms with Crippen molar-refractivity contribution in [2.45, 2.75) is 6.42 Å². The van der Waals surface area contributed by atoms with Gasteiger partial charge in [0.05, 0.1) is 17.7 Å². The summed E-state index contributed by atoms with van der Waals surface area (Å²) in [6, 6.07) is 4.59. The van der Waals surface area contributed by atoms with Gasteiger partial charge in [0.15, 0.2) is 5.78 Å². The van der Waals surface area contributed by atoms with Crippen LogP contribution < -0.4 is 0 Å². The Hall–Kier alpha value is -2.04. The molecule has 0 aliphatic heterocycles. The molecule has 0 bridgehead atoms. The first kappa shape index (κ1) is 11.4. The van der Waals surface area contributed by atoms with Crippen LogP contribution in [-0.2, 0) is 13.5 Å². The summed E-state index contributed by atoms with van der Waals surface area (Å²) >= 11 is 0. The van der Waals surface area contributed by atoms with Gasteiger partial charge in [-0.25, -0.2) is 8.78 Å². The molecule has 0 amide bonds. The topological polar surface area (TPSA) is 34.9 Å². The van der Waals surface area contributed by atoms with Crippen LogP contribution in [0.3, 0.4) is 0 Å². The minimum absolute atomic E-state index is 0.00337. The summed E-state index contributed by atoms with van der Waals surface area (Å²) in [7, 11) is 1.73. The molecule has 0 saturated heterocycles. The summed E-state index contributed by atoms with van der Waals surface area (Å²) in [4.78, 5) is 11.7. The second-order valence-corrected chi connectivity index (χ2v) is 3.70. The maximum atomic E-state index is 13.3. The largest absolute Gasteiger partial charge is 0.294 e. The SMILES string of the molecule is Cn1ccc(CC(=O)c2ccc(F)cc2F)n1. The van der Waals surface area contributed by atoms with Crippen molar-refractivity contribution in [1.29, 1.82) is 0 Å². The minimum Gasteiger partial charge on any atom is -0.294 e. The highest BCUT2D eigenvalue weighted by Gasteiger charge is 2.14. The van der Waals surface area contributed by atoms with E-state index in [9.17, 15) is 13.6 Å². The van der Waals surface area contributed by atoms with E-state index in [1.807, 2.05) is 0 Å². The van der Waals surface area contributed by atoms with Crippen LogP contribution in [0.15, 0.2) is 30.5 Å². The van der Waals surface area contributed by atoms with Gasteiger partial charge in [-0.2, -0.15) is 5.10 Å². The Morgan fingerprint density at radius 1 is 1.35 bits per heavy atom. The van der Waals surface area contributed by atoms with Crippen molar-refractivity contribution < 1.29 is 13.6 Å². The molecular weight excluding hydrogens is 226 g/mol. The third-order valence-corrected chi connectivity index (χ3v) is 2.34. The number of Topliss-reactive ketones (excluding diaryl/α,β-unsaturated/α-hetero) is 1. The van der Waals surface area contributed by atoms with Gasteiger partial charge in [0.2, 0.25) is 0 Å². The third-order valence-electron chi connectivity index (χ3n) is 2.34. The molecule has 3 nitrogen and oxygen atoms in total. The van der Waals surface area contributed by atoms with Crippen molar-refractivity contribution in [2.24, 2.45) is 7.05 Å². The molecule has 17 heavy (non-hydrogen) atoms. The molecular formula is C12H10F2N2O. The van der Waals surface area contributed by atoms with E-state index in [1.54, 1.807) is 24.0 Å². The fourth-order valence-corrected chi connectivity index (χ4v) is 1.53. The molecule has 0 N–H and O–H groups in total. The van der Waals surface area contributed by atoms with Gasteiger partial charge in [0.1, 0.15) is 11.6 Å². The molecule has 2 aromatic rings. The molecule has 5 heteroatoms. The van der Waals surface area contributed by atoms with Gasteiger partial charge in [0.25, 0.3) is 0 Å². The number of nitrogens with zero attached hydrogens (tertiary/aromatic N) is 2. The van der Waals surface area contributed by atoms with E-state index in [4.69, 9.17) is 0 Å². The first-order chi connectivity index (χ1) is 8.06. The molecule has 0 fully saturated rings. The smallest absolute Gasteiger partial charge is 0.171 e. The number of benzene rings is 1. The second-order valence-electron chi connectivity index (χ2n) is 3.70. The molecule has 2 rings (SSSR count). The normalized spacial score (nSPS) is 10.5. The first-order valence-electron chi connectivity index (χ1n) is 5.03. The van der Waals surface area contributed by atoms with Crippen LogP contribution in [-0.4, -0.2) is 15.6 Å². The highest BCUT2D eigenvalue weighted by atomic mass is 19.1. The van der Waals surface area contributed by atoms with Crippen molar-refractivity contribution in [2.75, 3.05) is 0 Å². The molecule has 0 aliphatic carbocycles. The lowest BCUT2D eigenvalue weighted by Crippen LogP contribution is -2.07. The van der Waals surface area contributed by atoms with Crippen molar-refractivity contribution in [3.05, 3.63) is 53.4 Å². The van der Waals surface area contributed by atoms with E-state index in [1.165, 1.54) is 0 Å². The Bertz CT molecular complexity index is 563. The van der Waals surface area contributed by atoms with E-state index in [-0.39, 0.29) is 12.0 Å². The average Bonchev–Trinajstić information content (AvgIpc) is 2.63. The number of halogens is 2. The molecule has 0 unspecified atom stereocenters. The number of aryl methyl sites for hydroxylation is 1. The standard InChI is InChI=1S/C12H10F2N2O/c1-16-5-4-9(15-16)7-12(17)10-3-2-8(13)6-11(10)14/h2-6H,7H2,1H3. The fourth-order valence-electron chi connectivity index (χ4n) is 1.53. The van der Waals surface area contributed by atoms with Crippen LogP contribution in [0.1, 0.15) is 16.1 Å². The number of carbonyl (C=O) groups excluding carboxylic acids is 1. The van der Waals surface area contributed by atoms with Gasteiger partial charge in [-0.1, -0.05) is 0 Å². The van der Waals surface area contributed by atoms with Gasteiger partial charge in [-0.05, 0) is 18.2 Å². The number of hydrogen-bond donors (Lipinski definition) is 0. The Kier molecular flexibility index (Phi) is 2.99. The number of rotatable bonds is 3. The average molecular weight is 236 g/mol. The van der Waals surface area contributed by atoms with Crippen LogP contribution in [0.2, 0.25) is 0 Å². The quantitative estimate of drug-likeness (QED) is 0.765. The molecule has 0 saturated carbocycles. The van der Waals surface area contributed by atoms with Crippen molar-refractivity contribution in [1.82, 2.24) is 9.78 Å². The third kappa shape index (κ3) is 2.55. The zero-order chi connectivity index (χ0) is 12.4. The number of aromatic nitrogens is 2. The molecule has 1 heterocycles. The summed E-state index contributed by atoms with van der Waals surface area (Å²) in [5.74, 6) is -1.95. The number of ketones is 1. The van der Waals surface area contributed by atoms with Gasteiger partial charge >= 0.3 is 0 Å². The molecule has 0 radical (unpaired) electrons. The Labute approximate surface area is 96.7 Å². The number of carbonyl (C=O) groups is 1. The van der Waals surface area contributed by atoms with E-state index >= 15 is 0 Å². The summed E-state index contributed by atoms with van der Waals surface area (Å²) in [5.41, 5.74) is 0.443. The summed E-state index contributed by atoms with van der Waals surface area (Å²) in [6.07, 6.45) is 1.70. The monoisotopic (exact) mass is 236 g/mol. The van der Waals surface area contributed by atoms with Crippen LogP contribution in [0.5, 0.6) is 0 Å². The zero-order valence-electron chi connectivity index (χ0n) is 9.15. The Morgan fingerprint density at radius 3 is 2.71 bits per heavy atom. The lowest BCUT2D eigenvalue weighted by atomic mass is 10.1. The highest BCUT2D eigenvalue weighted by Crippen LogP contribution is 2.12. The van der Waals surface area contributed by atoms with Crippen LogP contribution in [0.25, 0.3) is 0 Å². The van der Waals surface area contributed by atoms with Crippen molar-refractivity contribution in [3.8, 4) is 0 Å². The maximum Gasteiger partial charge on any atom is 0.171 e. The summed E-state index contributed by atoms with van der Waals surface area (Å²) < 4.78 is 27.6. The van der Waals surface area contributed by atoms with E-state index in [0.29, 0.717) is 11.8 Å². The second kappa shape index (κ2) is 4.45. The van der Waals surface area contributed by atoms with Crippen molar-refractivity contribution >= 4 is 5.78 Å². The molecule has 1 aromatic carbocycles. The lowest BCUT2D eigenvalue weighted by Gasteiger charge is -2.00. The first-order valence-corrected chi connectivity index (χ1v) is 5.03. The van der Waals surface area contributed by atoms with Crippen LogP contribution in [0.4, 0.5) is 8.78 Å². The predicted octanol–water partition coefficient (Wildman–Crippen LogP) is 2.12. The van der Waals surface area contributed by atoms with E-state index in [2.05, 4.69) is 5.10 Å². The van der Waals surface area contributed by atoms with Gasteiger partial charge < -0.3 is 0 Å².